The Kier molecular flexibility index (Phi) is 5.50. The molecule has 1 aliphatic rings. The number of oxime groups is 1. The predicted octanol–water partition coefficient (Wildman–Crippen LogP) is 2.54. The highest BCUT2D eigenvalue weighted by Gasteiger charge is 2.29. The summed E-state index contributed by atoms with van der Waals surface area (Å²) in [7, 11) is 0. The lowest BCUT2D eigenvalue weighted by Crippen LogP contribution is -2.44. The number of thioether (sulfide) groups is 1. The van der Waals surface area contributed by atoms with E-state index in [0.717, 1.165) is 30.6 Å². The van der Waals surface area contributed by atoms with Crippen molar-refractivity contribution < 1.29 is 10.0 Å². The number of carbonyl (C=O) groups is 1. The second-order valence-electron chi connectivity index (χ2n) is 5.16. The Morgan fingerprint density at radius 2 is 2.10 bits per heavy atom. The molecule has 0 aromatic heterocycles. The zero-order valence-corrected chi connectivity index (χ0v) is 13.0. The van der Waals surface area contributed by atoms with E-state index in [9.17, 15) is 4.79 Å². The van der Waals surface area contributed by atoms with E-state index in [2.05, 4.69) is 5.16 Å². The van der Waals surface area contributed by atoms with Crippen molar-refractivity contribution in [3.8, 4) is 0 Å². The van der Waals surface area contributed by atoms with Crippen LogP contribution in [0.1, 0.15) is 36.0 Å². The number of carbonyl (C=O) groups excluding carboxylic acids is 1. The highest BCUT2D eigenvalue weighted by molar-refractivity contribution is 7.98. The van der Waals surface area contributed by atoms with Gasteiger partial charge in [0.15, 0.2) is 5.84 Å². The van der Waals surface area contributed by atoms with Gasteiger partial charge in [-0.3, -0.25) is 4.79 Å². The van der Waals surface area contributed by atoms with Crippen molar-refractivity contribution in [2.45, 2.75) is 36.6 Å². The van der Waals surface area contributed by atoms with Gasteiger partial charge in [0.1, 0.15) is 0 Å². The smallest absolute Gasteiger partial charge is 0.255 e. The van der Waals surface area contributed by atoms with Gasteiger partial charge >= 0.3 is 0 Å². The number of hydrogen-bond acceptors (Lipinski definition) is 4. The Bertz CT molecular complexity index is 527. The summed E-state index contributed by atoms with van der Waals surface area (Å²) < 4.78 is 0. The van der Waals surface area contributed by atoms with E-state index in [1.54, 1.807) is 16.7 Å². The van der Waals surface area contributed by atoms with Crippen molar-refractivity contribution >= 4 is 23.5 Å². The summed E-state index contributed by atoms with van der Waals surface area (Å²) in [5.41, 5.74) is 6.31. The van der Waals surface area contributed by atoms with Gasteiger partial charge < -0.3 is 15.8 Å². The van der Waals surface area contributed by atoms with Crippen molar-refractivity contribution in [2.24, 2.45) is 10.9 Å². The topological polar surface area (TPSA) is 78.9 Å². The number of amides is 1. The molecule has 5 nitrogen and oxygen atoms in total. The van der Waals surface area contributed by atoms with Gasteiger partial charge in [-0.25, -0.2) is 0 Å². The number of amidine groups is 1. The number of hydrogen-bond donors (Lipinski definition) is 2. The molecule has 1 fully saturated rings. The standard InChI is InChI=1S/C15H21N3O2S/c1-21-13-9-5-4-8-12(13)15(19)18(10-14(16)17-20)11-6-2-3-7-11/h4-5,8-9,11,20H,2-3,6-7,10H2,1H3,(H2,16,17). The van der Waals surface area contributed by atoms with Gasteiger partial charge in [0.25, 0.3) is 5.91 Å². The second kappa shape index (κ2) is 7.36. The van der Waals surface area contributed by atoms with Crippen molar-refractivity contribution in [3.63, 3.8) is 0 Å². The van der Waals surface area contributed by atoms with Gasteiger partial charge in [-0.1, -0.05) is 30.1 Å². The fourth-order valence-electron chi connectivity index (χ4n) is 2.76. The Hall–Kier alpha value is -1.69. The molecule has 0 atom stereocenters. The van der Waals surface area contributed by atoms with Crippen LogP contribution in [0, 0.1) is 0 Å². The molecule has 114 valence electrons. The van der Waals surface area contributed by atoms with Gasteiger partial charge in [-0.2, -0.15) is 0 Å². The quantitative estimate of drug-likeness (QED) is 0.288. The molecule has 0 unspecified atom stereocenters. The highest BCUT2D eigenvalue weighted by Crippen LogP contribution is 2.27. The highest BCUT2D eigenvalue weighted by atomic mass is 32.2. The van der Waals surface area contributed by atoms with Crippen LogP contribution >= 0.6 is 11.8 Å². The Labute approximate surface area is 129 Å². The van der Waals surface area contributed by atoms with Crippen LogP contribution in [-0.2, 0) is 0 Å². The first-order chi connectivity index (χ1) is 10.2. The fourth-order valence-corrected chi connectivity index (χ4v) is 3.35. The first-order valence-electron chi connectivity index (χ1n) is 7.07. The van der Waals surface area contributed by atoms with Crippen LogP contribution < -0.4 is 5.73 Å². The number of benzene rings is 1. The molecule has 3 N–H and O–H groups in total. The summed E-state index contributed by atoms with van der Waals surface area (Å²) in [6, 6.07) is 7.74. The lowest BCUT2D eigenvalue weighted by molar-refractivity contribution is 0.0709. The molecule has 1 aliphatic carbocycles. The maximum atomic E-state index is 12.9. The lowest BCUT2D eigenvalue weighted by atomic mass is 10.1. The Balaban J connectivity index is 2.28. The van der Waals surface area contributed by atoms with Crippen LogP contribution in [0.4, 0.5) is 0 Å². The van der Waals surface area contributed by atoms with Gasteiger partial charge in [-0.05, 0) is 31.2 Å². The number of rotatable bonds is 5. The minimum atomic E-state index is -0.0431. The third-order valence-corrected chi connectivity index (χ3v) is 4.62. The monoisotopic (exact) mass is 307 g/mol. The van der Waals surface area contributed by atoms with E-state index in [0.29, 0.717) is 5.56 Å². The summed E-state index contributed by atoms with van der Waals surface area (Å²) in [5, 5.41) is 11.8. The van der Waals surface area contributed by atoms with Crippen molar-refractivity contribution in [3.05, 3.63) is 29.8 Å². The van der Waals surface area contributed by atoms with Crippen molar-refractivity contribution in [2.75, 3.05) is 12.8 Å². The van der Waals surface area contributed by atoms with E-state index < -0.39 is 0 Å². The van der Waals surface area contributed by atoms with Crippen LogP contribution in [0.25, 0.3) is 0 Å². The minimum absolute atomic E-state index is 0.0431. The van der Waals surface area contributed by atoms with E-state index in [1.807, 2.05) is 30.5 Å². The predicted molar refractivity (Wildman–Crippen MR) is 84.9 cm³/mol. The lowest BCUT2D eigenvalue weighted by Gasteiger charge is -2.29. The first kappa shape index (κ1) is 15.7. The van der Waals surface area contributed by atoms with Gasteiger partial charge in [0, 0.05) is 10.9 Å². The van der Waals surface area contributed by atoms with Crippen LogP contribution in [0.15, 0.2) is 34.3 Å². The largest absolute Gasteiger partial charge is 0.409 e. The van der Waals surface area contributed by atoms with Gasteiger partial charge in [0.2, 0.25) is 0 Å². The van der Waals surface area contributed by atoms with Crippen LogP contribution in [0.2, 0.25) is 0 Å². The van der Waals surface area contributed by atoms with Crippen LogP contribution in [0.3, 0.4) is 0 Å². The maximum Gasteiger partial charge on any atom is 0.255 e. The third kappa shape index (κ3) is 3.69. The number of nitrogens with zero attached hydrogens (tertiary/aromatic N) is 2. The van der Waals surface area contributed by atoms with Crippen LogP contribution in [0.5, 0.6) is 0 Å². The number of nitrogens with two attached hydrogens (primary N) is 1. The third-order valence-electron chi connectivity index (χ3n) is 3.82. The summed E-state index contributed by atoms with van der Waals surface area (Å²) in [6.07, 6.45) is 6.15. The van der Waals surface area contributed by atoms with E-state index in [1.165, 1.54) is 0 Å². The van der Waals surface area contributed by atoms with E-state index in [-0.39, 0.29) is 24.3 Å². The zero-order chi connectivity index (χ0) is 15.2. The van der Waals surface area contributed by atoms with Gasteiger partial charge in [-0.15, -0.1) is 11.8 Å². The molecule has 0 aliphatic heterocycles. The normalized spacial score (nSPS) is 16.1. The average molecular weight is 307 g/mol. The van der Waals surface area contributed by atoms with Crippen LogP contribution in [-0.4, -0.2) is 40.7 Å². The molecule has 0 saturated heterocycles. The summed E-state index contributed by atoms with van der Waals surface area (Å²) in [6.45, 7) is 0.169. The Morgan fingerprint density at radius 1 is 1.43 bits per heavy atom. The molecule has 21 heavy (non-hydrogen) atoms. The van der Waals surface area contributed by atoms with Crippen molar-refractivity contribution in [1.82, 2.24) is 4.90 Å². The molecule has 2 rings (SSSR count). The molecular formula is C15H21N3O2S. The molecule has 0 radical (unpaired) electrons. The SMILES string of the molecule is CSc1ccccc1C(=O)N(CC(N)=NO)C1CCCC1. The average Bonchev–Trinajstić information content (AvgIpc) is 3.05. The zero-order valence-electron chi connectivity index (χ0n) is 12.2. The molecule has 1 aromatic rings. The summed E-state index contributed by atoms with van der Waals surface area (Å²) >= 11 is 1.55. The molecule has 1 saturated carbocycles. The fraction of sp³-hybridized carbons (Fsp3) is 0.467. The van der Waals surface area contributed by atoms with E-state index in [4.69, 9.17) is 10.9 Å². The molecule has 0 heterocycles. The summed E-state index contributed by atoms with van der Waals surface area (Å²) in [4.78, 5) is 15.6. The van der Waals surface area contributed by atoms with Gasteiger partial charge in [0.05, 0.1) is 12.1 Å². The summed E-state index contributed by atoms with van der Waals surface area (Å²) in [5.74, 6) is 0.0235. The first-order valence-corrected chi connectivity index (χ1v) is 8.30. The molecular weight excluding hydrogens is 286 g/mol. The second-order valence-corrected chi connectivity index (χ2v) is 6.01. The van der Waals surface area contributed by atoms with E-state index >= 15 is 0 Å². The minimum Gasteiger partial charge on any atom is -0.409 e. The molecule has 0 spiro atoms. The Morgan fingerprint density at radius 3 is 2.71 bits per heavy atom. The molecule has 1 amide bonds. The molecule has 1 aromatic carbocycles. The molecule has 0 bridgehead atoms. The van der Waals surface area contributed by atoms with Crippen molar-refractivity contribution in [1.29, 1.82) is 0 Å². The maximum absolute atomic E-state index is 12.9. The molecule has 6 heteroatoms.